The van der Waals surface area contributed by atoms with Crippen molar-refractivity contribution in [2.45, 2.75) is 60.9 Å². The van der Waals surface area contributed by atoms with Crippen molar-refractivity contribution in [3.8, 4) is 0 Å². The molecule has 2 rings (SSSR count). The number of hydrogen-bond acceptors (Lipinski definition) is 4. The predicted molar refractivity (Wildman–Crippen MR) is 91.1 cm³/mol. The Balaban J connectivity index is 2.10. The van der Waals surface area contributed by atoms with Gasteiger partial charge in [-0.3, -0.25) is 4.79 Å². The van der Waals surface area contributed by atoms with Gasteiger partial charge < -0.3 is 11.1 Å². The van der Waals surface area contributed by atoms with Crippen LogP contribution in [0.25, 0.3) is 0 Å². The Hall–Kier alpha value is -1.61. The monoisotopic (exact) mass is 392 g/mol. The summed E-state index contributed by atoms with van der Waals surface area (Å²) < 4.78 is 62.7. The predicted octanol–water partition coefficient (Wildman–Crippen LogP) is 2.65. The Labute approximate surface area is 151 Å². The third-order valence-corrected chi connectivity index (χ3v) is 7.44. The normalized spacial score (nSPS) is 17.5. The second-order valence-electron chi connectivity index (χ2n) is 7.30. The summed E-state index contributed by atoms with van der Waals surface area (Å²) in [6, 6.07) is 3.68. The first-order valence-corrected chi connectivity index (χ1v) is 9.77. The minimum atomic E-state index is -4.62. The van der Waals surface area contributed by atoms with Gasteiger partial charge in [-0.2, -0.15) is 13.2 Å². The van der Waals surface area contributed by atoms with E-state index in [0.29, 0.717) is 18.9 Å². The molecule has 0 radical (unpaired) electrons. The molecule has 0 heterocycles. The molecule has 0 bridgehead atoms. The van der Waals surface area contributed by atoms with Crippen molar-refractivity contribution >= 4 is 15.7 Å². The largest absolute Gasteiger partial charge is 0.416 e. The van der Waals surface area contributed by atoms with Crippen LogP contribution in [0.5, 0.6) is 0 Å². The van der Waals surface area contributed by atoms with Crippen molar-refractivity contribution in [1.82, 2.24) is 5.32 Å². The summed E-state index contributed by atoms with van der Waals surface area (Å²) in [4.78, 5) is 11.6. The molecule has 1 saturated carbocycles. The van der Waals surface area contributed by atoms with Gasteiger partial charge in [-0.05, 0) is 57.7 Å². The van der Waals surface area contributed by atoms with E-state index < -0.39 is 36.8 Å². The number of amides is 1. The first-order valence-electron chi connectivity index (χ1n) is 8.29. The van der Waals surface area contributed by atoms with Gasteiger partial charge in [0.25, 0.3) is 0 Å². The number of sulfone groups is 1. The van der Waals surface area contributed by atoms with Crippen molar-refractivity contribution in [3.63, 3.8) is 0 Å². The van der Waals surface area contributed by atoms with Gasteiger partial charge in [0.1, 0.15) is 0 Å². The molecular weight excluding hydrogens is 369 g/mol. The average Bonchev–Trinajstić information content (AvgIpc) is 2.51. The lowest BCUT2D eigenvalue weighted by molar-refractivity contribution is -0.137. The van der Waals surface area contributed by atoms with Gasteiger partial charge in [-0.15, -0.1) is 0 Å². The van der Waals surface area contributed by atoms with Gasteiger partial charge in [0.15, 0.2) is 9.84 Å². The summed E-state index contributed by atoms with van der Waals surface area (Å²) in [5, 5.41) is 2.63. The smallest absolute Gasteiger partial charge is 0.354 e. The number of nitrogens with one attached hydrogen (secondary N) is 1. The van der Waals surface area contributed by atoms with E-state index in [4.69, 9.17) is 5.73 Å². The molecule has 26 heavy (non-hydrogen) atoms. The van der Waals surface area contributed by atoms with Crippen LogP contribution in [0.15, 0.2) is 29.2 Å². The van der Waals surface area contributed by atoms with E-state index in [1.807, 2.05) is 0 Å². The molecule has 0 saturated heterocycles. The zero-order chi connectivity index (χ0) is 19.8. The van der Waals surface area contributed by atoms with Gasteiger partial charge in [-0.1, -0.05) is 6.07 Å². The minimum Gasteiger partial charge on any atom is -0.354 e. The molecule has 1 aliphatic carbocycles. The van der Waals surface area contributed by atoms with Crippen LogP contribution in [0.4, 0.5) is 13.2 Å². The van der Waals surface area contributed by atoms with E-state index >= 15 is 0 Å². The van der Waals surface area contributed by atoms with E-state index in [9.17, 15) is 26.4 Å². The lowest BCUT2D eigenvalue weighted by atomic mass is 9.77. The van der Waals surface area contributed by atoms with Gasteiger partial charge in [0, 0.05) is 6.54 Å². The molecule has 1 aromatic rings. The second kappa shape index (κ2) is 6.84. The van der Waals surface area contributed by atoms with Gasteiger partial charge >= 0.3 is 6.18 Å². The van der Waals surface area contributed by atoms with Crippen LogP contribution in [0.2, 0.25) is 0 Å². The summed E-state index contributed by atoms with van der Waals surface area (Å²) in [7, 11) is -4.03. The van der Waals surface area contributed by atoms with Gasteiger partial charge in [0.05, 0.1) is 20.7 Å². The van der Waals surface area contributed by atoms with Crippen molar-refractivity contribution in [2.75, 3.05) is 6.54 Å². The molecule has 0 aromatic heterocycles. The molecule has 0 aliphatic heterocycles. The summed E-state index contributed by atoms with van der Waals surface area (Å²) >= 11 is 0. The zero-order valence-electron chi connectivity index (χ0n) is 14.7. The van der Waals surface area contributed by atoms with Crippen LogP contribution in [0, 0.1) is 0 Å². The van der Waals surface area contributed by atoms with Crippen LogP contribution in [-0.2, 0) is 20.8 Å². The molecule has 0 unspecified atom stereocenters. The molecule has 0 atom stereocenters. The highest BCUT2D eigenvalue weighted by atomic mass is 32.2. The molecular formula is C17H23F3N2O3S. The van der Waals surface area contributed by atoms with E-state index in [2.05, 4.69) is 5.32 Å². The summed E-state index contributed by atoms with van der Waals surface area (Å²) in [5.74, 6) is -0.323. The van der Waals surface area contributed by atoms with E-state index in [1.54, 1.807) is 0 Å². The highest BCUT2D eigenvalue weighted by molar-refractivity contribution is 7.92. The van der Waals surface area contributed by atoms with Gasteiger partial charge in [-0.25, -0.2) is 8.42 Å². The Kier molecular flexibility index (Phi) is 5.45. The van der Waals surface area contributed by atoms with Crippen LogP contribution < -0.4 is 11.1 Å². The van der Waals surface area contributed by atoms with Crippen molar-refractivity contribution in [2.24, 2.45) is 5.73 Å². The average molecular weight is 392 g/mol. The Bertz CT molecular complexity index is 785. The topological polar surface area (TPSA) is 89.3 Å². The number of carbonyl (C=O) groups excluding carboxylic acids is 1. The van der Waals surface area contributed by atoms with Crippen LogP contribution >= 0.6 is 0 Å². The second-order valence-corrected chi connectivity index (χ2v) is 9.89. The van der Waals surface area contributed by atoms with E-state index in [0.717, 1.165) is 24.6 Å². The molecule has 5 nitrogen and oxygen atoms in total. The molecule has 0 spiro atoms. The van der Waals surface area contributed by atoms with E-state index in [1.165, 1.54) is 13.8 Å². The maximum Gasteiger partial charge on any atom is 0.416 e. The molecule has 1 amide bonds. The first-order chi connectivity index (χ1) is 11.8. The summed E-state index contributed by atoms with van der Waals surface area (Å²) in [5.41, 5.74) is 3.99. The highest BCUT2D eigenvalue weighted by Gasteiger charge is 2.41. The highest BCUT2D eigenvalue weighted by Crippen LogP contribution is 2.34. The number of benzene rings is 1. The quantitative estimate of drug-likeness (QED) is 0.779. The minimum absolute atomic E-state index is 0.0490. The summed E-state index contributed by atoms with van der Waals surface area (Å²) in [6.07, 6.45) is -2.52. The van der Waals surface area contributed by atoms with Crippen molar-refractivity contribution in [3.05, 3.63) is 29.8 Å². The fourth-order valence-corrected chi connectivity index (χ4v) is 4.28. The Morgan fingerprint density at radius 3 is 2.38 bits per heavy atom. The maximum atomic E-state index is 12.8. The molecule has 3 N–H and O–H groups in total. The molecule has 146 valence electrons. The molecule has 1 fully saturated rings. The molecule has 1 aromatic carbocycles. The third-order valence-electron chi connectivity index (χ3n) is 4.91. The SMILES string of the molecule is CC(C)(CCNC(=O)C1(N)CCC1)S(=O)(=O)c1cccc(C(F)(F)F)c1. The van der Waals surface area contributed by atoms with Crippen molar-refractivity contribution < 1.29 is 26.4 Å². The standard InChI is InChI=1S/C17H23F3N2O3S/c1-15(2,9-10-22-14(23)16(21)7-4-8-16)26(24,25)13-6-3-5-12(11-13)17(18,19)20/h3,5-6,11H,4,7-10,21H2,1-2H3,(H,22,23). The lowest BCUT2D eigenvalue weighted by Crippen LogP contribution is -2.58. The molecule has 9 heteroatoms. The maximum absolute atomic E-state index is 12.8. The van der Waals surface area contributed by atoms with Gasteiger partial charge in [0.2, 0.25) is 5.91 Å². The summed E-state index contributed by atoms with van der Waals surface area (Å²) in [6.45, 7) is 2.93. The number of halogens is 3. The van der Waals surface area contributed by atoms with Crippen LogP contribution in [-0.4, -0.2) is 31.2 Å². The number of hydrogen-bond donors (Lipinski definition) is 2. The fourth-order valence-electron chi connectivity index (χ4n) is 2.73. The number of alkyl halides is 3. The third kappa shape index (κ3) is 4.03. The lowest BCUT2D eigenvalue weighted by Gasteiger charge is -2.36. The zero-order valence-corrected chi connectivity index (χ0v) is 15.5. The Morgan fingerprint density at radius 2 is 1.88 bits per heavy atom. The van der Waals surface area contributed by atoms with E-state index in [-0.39, 0.29) is 18.9 Å². The Morgan fingerprint density at radius 1 is 1.27 bits per heavy atom. The van der Waals surface area contributed by atoms with Crippen molar-refractivity contribution in [1.29, 1.82) is 0 Å². The fraction of sp³-hybridized carbons (Fsp3) is 0.588. The number of nitrogens with two attached hydrogens (primary N) is 1. The number of carbonyl (C=O) groups is 1. The first kappa shape index (κ1) is 20.7. The van der Waals surface area contributed by atoms with Crippen LogP contribution in [0.1, 0.15) is 45.1 Å². The van der Waals surface area contributed by atoms with Crippen LogP contribution in [0.3, 0.4) is 0 Å². The number of rotatable bonds is 6. The molecule has 1 aliphatic rings.